The summed E-state index contributed by atoms with van der Waals surface area (Å²) in [6, 6.07) is 2.25. The van der Waals surface area contributed by atoms with E-state index in [0.29, 0.717) is 10.5 Å². The molecule has 1 rings (SSSR count). The zero-order valence-electron chi connectivity index (χ0n) is 7.51. The van der Waals surface area contributed by atoms with Crippen LogP contribution in [0, 0.1) is 11.3 Å². The molecule has 0 spiro atoms. The minimum Gasteiger partial charge on any atom is -0.198 e. The van der Waals surface area contributed by atoms with Crippen molar-refractivity contribution >= 4 is 23.5 Å². The SMILES string of the molecule is CCC1(CCC#N)SCCCS1. The van der Waals surface area contributed by atoms with Crippen LogP contribution < -0.4 is 0 Å². The van der Waals surface area contributed by atoms with Crippen molar-refractivity contribution in [3.8, 4) is 6.07 Å². The van der Waals surface area contributed by atoms with Crippen molar-refractivity contribution in [3.63, 3.8) is 0 Å². The predicted molar refractivity (Wildman–Crippen MR) is 57.4 cm³/mol. The Kier molecular flexibility index (Phi) is 4.31. The lowest BCUT2D eigenvalue weighted by Gasteiger charge is -2.34. The van der Waals surface area contributed by atoms with E-state index in [2.05, 4.69) is 36.5 Å². The Labute approximate surface area is 83.3 Å². The molecule has 0 saturated carbocycles. The molecule has 0 N–H and O–H groups in total. The first-order valence-corrected chi connectivity index (χ1v) is 6.45. The van der Waals surface area contributed by atoms with Gasteiger partial charge in [0.1, 0.15) is 0 Å². The van der Waals surface area contributed by atoms with Crippen molar-refractivity contribution in [1.82, 2.24) is 0 Å². The lowest BCUT2D eigenvalue weighted by atomic mass is 10.2. The van der Waals surface area contributed by atoms with Gasteiger partial charge in [0.15, 0.2) is 0 Å². The molecule has 1 nitrogen and oxygen atoms in total. The molecule has 3 heteroatoms. The molecule has 0 radical (unpaired) electrons. The van der Waals surface area contributed by atoms with Gasteiger partial charge in [-0.2, -0.15) is 5.26 Å². The first-order valence-electron chi connectivity index (χ1n) is 4.48. The van der Waals surface area contributed by atoms with Gasteiger partial charge in [-0.25, -0.2) is 0 Å². The Balaban J connectivity index is 2.43. The molecule has 0 aromatic rings. The van der Waals surface area contributed by atoms with Crippen LogP contribution in [0.2, 0.25) is 0 Å². The number of thioether (sulfide) groups is 2. The van der Waals surface area contributed by atoms with Crippen LogP contribution in [0.25, 0.3) is 0 Å². The molecule has 0 aromatic heterocycles. The van der Waals surface area contributed by atoms with Gasteiger partial charge in [-0.15, -0.1) is 23.5 Å². The molecule has 1 saturated heterocycles. The number of nitriles is 1. The van der Waals surface area contributed by atoms with Gasteiger partial charge < -0.3 is 0 Å². The average Bonchev–Trinajstić information content (AvgIpc) is 2.16. The molecule has 0 unspecified atom stereocenters. The summed E-state index contributed by atoms with van der Waals surface area (Å²) in [4.78, 5) is 0. The Hall–Kier alpha value is 0.190. The van der Waals surface area contributed by atoms with Crippen LogP contribution in [-0.2, 0) is 0 Å². The maximum Gasteiger partial charge on any atom is 0.0622 e. The Bertz CT molecular complexity index is 168. The van der Waals surface area contributed by atoms with E-state index in [1.165, 1.54) is 24.3 Å². The molecular formula is C9H15NS2. The molecule has 12 heavy (non-hydrogen) atoms. The normalized spacial score (nSPS) is 21.7. The number of nitrogens with zero attached hydrogens (tertiary/aromatic N) is 1. The van der Waals surface area contributed by atoms with Crippen molar-refractivity contribution in [1.29, 1.82) is 5.26 Å². The van der Waals surface area contributed by atoms with E-state index < -0.39 is 0 Å². The molecular weight excluding hydrogens is 186 g/mol. The molecule has 0 aliphatic carbocycles. The van der Waals surface area contributed by atoms with Gasteiger partial charge in [-0.05, 0) is 30.8 Å². The van der Waals surface area contributed by atoms with Crippen LogP contribution >= 0.6 is 23.5 Å². The second kappa shape index (κ2) is 5.04. The highest BCUT2D eigenvalue weighted by Crippen LogP contribution is 2.47. The van der Waals surface area contributed by atoms with E-state index in [4.69, 9.17) is 5.26 Å². The van der Waals surface area contributed by atoms with Crippen molar-refractivity contribution in [2.24, 2.45) is 0 Å². The third-order valence-electron chi connectivity index (χ3n) is 2.18. The maximum atomic E-state index is 8.54. The Morgan fingerprint density at radius 3 is 2.58 bits per heavy atom. The van der Waals surface area contributed by atoms with E-state index in [0.717, 1.165) is 6.42 Å². The van der Waals surface area contributed by atoms with Gasteiger partial charge in [-0.1, -0.05) is 6.92 Å². The average molecular weight is 201 g/mol. The summed E-state index contributed by atoms with van der Waals surface area (Å²) < 4.78 is 0.383. The molecule has 0 bridgehead atoms. The summed E-state index contributed by atoms with van der Waals surface area (Å²) >= 11 is 4.12. The first-order chi connectivity index (χ1) is 5.83. The van der Waals surface area contributed by atoms with Crippen LogP contribution in [0.4, 0.5) is 0 Å². The fraction of sp³-hybridized carbons (Fsp3) is 0.889. The molecule has 68 valence electrons. The van der Waals surface area contributed by atoms with E-state index in [1.54, 1.807) is 0 Å². The number of rotatable bonds is 3. The molecule has 0 aromatic carbocycles. The van der Waals surface area contributed by atoms with Gasteiger partial charge >= 0.3 is 0 Å². The van der Waals surface area contributed by atoms with Crippen molar-refractivity contribution in [2.45, 2.75) is 36.7 Å². The highest BCUT2D eigenvalue weighted by molar-refractivity contribution is 8.18. The Morgan fingerprint density at radius 2 is 2.08 bits per heavy atom. The topological polar surface area (TPSA) is 23.8 Å². The van der Waals surface area contributed by atoms with Crippen LogP contribution in [0.1, 0.15) is 32.6 Å². The van der Waals surface area contributed by atoms with Crippen LogP contribution in [-0.4, -0.2) is 15.6 Å². The van der Waals surface area contributed by atoms with Crippen molar-refractivity contribution in [3.05, 3.63) is 0 Å². The van der Waals surface area contributed by atoms with Gasteiger partial charge in [-0.3, -0.25) is 0 Å². The van der Waals surface area contributed by atoms with Crippen molar-refractivity contribution < 1.29 is 0 Å². The van der Waals surface area contributed by atoms with Crippen LogP contribution in [0.5, 0.6) is 0 Å². The van der Waals surface area contributed by atoms with Gasteiger partial charge in [0.25, 0.3) is 0 Å². The quantitative estimate of drug-likeness (QED) is 0.700. The monoisotopic (exact) mass is 201 g/mol. The number of hydrogen-bond acceptors (Lipinski definition) is 3. The lowest BCUT2D eigenvalue weighted by molar-refractivity contribution is 0.698. The molecule has 1 fully saturated rings. The van der Waals surface area contributed by atoms with Gasteiger partial charge in [0, 0.05) is 6.42 Å². The summed E-state index contributed by atoms with van der Waals surface area (Å²) in [6.07, 6.45) is 4.32. The molecule has 0 atom stereocenters. The molecule has 0 amide bonds. The zero-order valence-corrected chi connectivity index (χ0v) is 9.14. The molecule has 1 aliphatic rings. The third-order valence-corrected chi connectivity index (χ3v) is 5.91. The minimum absolute atomic E-state index is 0.383. The highest BCUT2D eigenvalue weighted by atomic mass is 32.2. The first kappa shape index (κ1) is 10.3. The summed E-state index contributed by atoms with van der Waals surface area (Å²) in [5, 5.41) is 8.54. The fourth-order valence-electron chi connectivity index (χ4n) is 1.39. The van der Waals surface area contributed by atoms with Crippen LogP contribution in [0.15, 0.2) is 0 Å². The lowest BCUT2D eigenvalue weighted by Crippen LogP contribution is -2.23. The summed E-state index contributed by atoms with van der Waals surface area (Å²) in [5.74, 6) is 2.57. The molecule has 1 heterocycles. The minimum atomic E-state index is 0.383. The van der Waals surface area contributed by atoms with E-state index >= 15 is 0 Å². The summed E-state index contributed by atoms with van der Waals surface area (Å²) in [7, 11) is 0. The highest BCUT2D eigenvalue weighted by Gasteiger charge is 2.30. The second-order valence-electron chi connectivity index (χ2n) is 2.97. The largest absolute Gasteiger partial charge is 0.198 e. The second-order valence-corrected chi connectivity index (χ2v) is 6.19. The number of hydrogen-bond donors (Lipinski definition) is 0. The van der Waals surface area contributed by atoms with Crippen molar-refractivity contribution in [2.75, 3.05) is 11.5 Å². The summed E-state index contributed by atoms with van der Waals surface area (Å²) in [5.41, 5.74) is 0. The maximum absolute atomic E-state index is 8.54. The smallest absolute Gasteiger partial charge is 0.0622 e. The third kappa shape index (κ3) is 2.60. The van der Waals surface area contributed by atoms with E-state index in [-0.39, 0.29) is 0 Å². The Morgan fingerprint density at radius 1 is 1.42 bits per heavy atom. The van der Waals surface area contributed by atoms with Crippen LogP contribution in [0.3, 0.4) is 0 Å². The standard InChI is InChI=1S/C9H15NS2/c1-2-9(5-3-6-10)11-7-4-8-12-9/h2-5,7-8H2,1H3. The van der Waals surface area contributed by atoms with Gasteiger partial charge in [0.2, 0.25) is 0 Å². The van der Waals surface area contributed by atoms with Gasteiger partial charge in [0.05, 0.1) is 10.1 Å². The zero-order chi connectivity index (χ0) is 8.86. The summed E-state index contributed by atoms with van der Waals surface area (Å²) in [6.45, 7) is 2.24. The fourth-order valence-corrected chi connectivity index (χ4v) is 4.63. The predicted octanol–water partition coefficient (Wildman–Crippen LogP) is 3.27. The molecule has 1 aliphatic heterocycles. The van der Waals surface area contributed by atoms with E-state index in [1.807, 2.05) is 0 Å². The van der Waals surface area contributed by atoms with E-state index in [9.17, 15) is 0 Å².